The molecule has 4 nitrogen and oxygen atoms in total. The number of anilines is 1. The van der Waals surface area contributed by atoms with Crippen LogP contribution in [0.4, 0.5) is 5.69 Å². The van der Waals surface area contributed by atoms with E-state index in [9.17, 15) is 4.79 Å². The van der Waals surface area contributed by atoms with Gasteiger partial charge in [0, 0.05) is 11.8 Å². The minimum atomic E-state index is -0.178. The number of amides is 1. The van der Waals surface area contributed by atoms with Crippen LogP contribution in [0.2, 0.25) is 0 Å². The summed E-state index contributed by atoms with van der Waals surface area (Å²) in [5.41, 5.74) is 6.20. The van der Waals surface area contributed by atoms with Gasteiger partial charge in [0.05, 0.1) is 7.11 Å². The summed E-state index contributed by atoms with van der Waals surface area (Å²) in [6.45, 7) is 6.55. The monoisotopic (exact) mass is 401 g/mol. The highest BCUT2D eigenvalue weighted by Crippen LogP contribution is 2.29. The molecule has 3 aromatic rings. The lowest BCUT2D eigenvalue weighted by Gasteiger charge is -2.12. The van der Waals surface area contributed by atoms with Crippen molar-refractivity contribution >= 4 is 17.7 Å². The van der Waals surface area contributed by atoms with E-state index in [1.807, 2.05) is 68.4 Å². The van der Waals surface area contributed by atoms with Crippen molar-refractivity contribution < 1.29 is 14.3 Å². The van der Waals surface area contributed by atoms with Crippen LogP contribution >= 0.6 is 0 Å². The molecule has 0 aromatic heterocycles. The lowest BCUT2D eigenvalue weighted by atomic mass is 10.1. The van der Waals surface area contributed by atoms with Crippen molar-refractivity contribution in [2.45, 2.75) is 27.4 Å². The number of rotatable bonds is 7. The lowest BCUT2D eigenvalue weighted by molar-refractivity contribution is -0.111. The van der Waals surface area contributed by atoms with E-state index in [1.54, 1.807) is 13.2 Å². The molecule has 0 aliphatic carbocycles. The number of benzene rings is 3. The van der Waals surface area contributed by atoms with Crippen molar-refractivity contribution in [2.75, 3.05) is 12.4 Å². The Bertz CT molecular complexity index is 1070. The first-order chi connectivity index (χ1) is 14.5. The average Bonchev–Trinajstić information content (AvgIpc) is 2.75. The van der Waals surface area contributed by atoms with E-state index in [-0.39, 0.29) is 5.91 Å². The maximum Gasteiger partial charge on any atom is 0.248 e. The Morgan fingerprint density at radius 2 is 1.70 bits per heavy atom. The van der Waals surface area contributed by atoms with E-state index < -0.39 is 0 Å². The van der Waals surface area contributed by atoms with Gasteiger partial charge < -0.3 is 14.8 Å². The molecule has 1 N–H and O–H groups in total. The Morgan fingerprint density at radius 3 is 2.47 bits per heavy atom. The van der Waals surface area contributed by atoms with Crippen LogP contribution < -0.4 is 14.8 Å². The van der Waals surface area contributed by atoms with E-state index in [1.165, 1.54) is 11.6 Å². The highest BCUT2D eigenvalue weighted by Gasteiger charge is 2.07. The zero-order chi connectivity index (χ0) is 21.5. The number of carbonyl (C=O) groups excluding carboxylic acids is 1. The van der Waals surface area contributed by atoms with Crippen molar-refractivity contribution in [1.29, 1.82) is 0 Å². The van der Waals surface area contributed by atoms with Crippen molar-refractivity contribution in [1.82, 2.24) is 0 Å². The molecule has 0 saturated carbocycles. The molecular formula is C26H27NO3. The number of hydrogen-bond donors (Lipinski definition) is 1. The van der Waals surface area contributed by atoms with Gasteiger partial charge >= 0.3 is 0 Å². The summed E-state index contributed by atoms with van der Waals surface area (Å²) in [5.74, 6) is 1.11. The third-order valence-electron chi connectivity index (χ3n) is 5.12. The Kier molecular flexibility index (Phi) is 6.91. The Labute approximate surface area is 178 Å². The largest absolute Gasteiger partial charge is 0.493 e. The Balaban J connectivity index is 1.67. The second kappa shape index (κ2) is 9.79. The van der Waals surface area contributed by atoms with Crippen LogP contribution in [0.25, 0.3) is 6.08 Å². The minimum absolute atomic E-state index is 0.178. The molecular weight excluding hydrogens is 374 g/mol. The van der Waals surface area contributed by atoms with E-state index in [4.69, 9.17) is 9.47 Å². The first kappa shape index (κ1) is 21.2. The van der Waals surface area contributed by atoms with Crippen LogP contribution in [0, 0.1) is 20.8 Å². The molecule has 0 bridgehead atoms. The fourth-order valence-electron chi connectivity index (χ4n) is 3.07. The Morgan fingerprint density at radius 1 is 0.933 bits per heavy atom. The van der Waals surface area contributed by atoms with Crippen molar-refractivity contribution in [3.8, 4) is 11.5 Å². The van der Waals surface area contributed by atoms with E-state index in [2.05, 4.69) is 18.3 Å². The summed E-state index contributed by atoms with van der Waals surface area (Å²) in [5, 5.41) is 2.92. The number of nitrogens with one attached hydrogen (secondary N) is 1. The van der Waals surface area contributed by atoms with E-state index >= 15 is 0 Å². The second-order valence-electron chi connectivity index (χ2n) is 7.20. The highest BCUT2D eigenvalue weighted by molar-refractivity contribution is 6.02. The molecule has 0 aliphatic heterocycles. The molecule has 154 valence electrons. The van der Waals surface area contributed by atoms with E-state index in [0.717, 1.165) is 27.9 Å². The standard InChI is InChI=1S/C26H27NO3/c1-18-9-7-11-23(20(18)3)27-26(28)15-13-21-12-14-24(25(16-21)29-4)30-17-22-10-6-5-8-19(22)2/h5-16H,17H2,1-4H3,(H,27,28)/b15-13+. The fourth-order valence-corrected chi connectivity index (χ4v) is 3.07. The molecule has 0 heterocycles. The Hall–Kier alpha value is -3.53. The summed E-state index contributed by atoms with van der Waals surface area (Å²) in [4.78, 5) is 12.3. The third kappa shape index (κ3) is 5.29. The highest BCUT2D eigenvalue weighted by atomic mass is 16.5. The zero-order valence-corrected chi connectivity index (χ0v) is 17.9. The van der Waals surface area contributed by atoms with Gasteiger partial charge in [-0.05, 0) is 72.9 Å². The van der Waals surface area contributed by atoms with Gasteiger partial charge in [-0.3, -0.25) is 4.79 Å². The van der Waals surface area contributed by atoms with Crippen LogP contribution in [0.3, 0.4) is 0 Å². The first-order valence-corrected chi connectivity index (χ1v) is 9.88. The summed E-state index contributed by atoms with van der Waals surface area (Å²) in [6, 6.07) is 19.6. The molecule has 30 heavy (non-hydrogen) atoms. The van der Waals surface area contributed by atoms with Gasteiger partial charge in [-0.15, -0.1) is 0 Å². The topological polar surface area (TPSA) is 47.6 Å². The van der Waals surface area contributed by atoms with Gasteiger partial charge in [-0.2, -0.15) is 0 Å². The molecule has 0 saturated heterocycles. The summed E-state index contributed by atoms with van der Waals surface area (Å²) >= 11 is 0. The normalized spacial score (nSPS) is 10.8. The maximum atomic E-state index is 12.3. The summed E-state index contributed by atoms with van der Waals surface area (Å²) in [7, 11) is 1.61. The maximum absolute atomic E-state index is 12.3. The summed E-state index contributed by atoms with van der Waals surface area (Å²) < 4.78 is 11.4. The number of methoxy groups -OCH3 is 1. The predicted octanol–water partition coefficient (Wildman–Crippen LogP) is 5.85. The van der Waals surface area contributed by atoms with E-state index in [0.29, 0.717) is 18.1 Å². The predicted molar refractivity (Wildman–Crippen MR) is 122 cm³/mol. The van der Waals surface area contributed by atoms with Crippen molar-refractivity contribution in [3.63, 3.8) is 0 Å². The van der Waals surface area contributed by atoms with Crippen LogP contribution in [0.5, 0.6) is 11.5 Å². The third-order valence-corrected chi connectivity index (χ3v) is 5.12. The molecule has 0 unspecified atom stereocenters. The van der Waals surface area contributed by atoms with Crippen LogP contribution in [-0.4, -0.2) is 13.0 Å². The molecule has 3 rings (SSSR count). The first-order valence-electron chi connectivity index (χ1n) is 9.88. The molecule has 3 aromatic carbocycles. The van der Waals surface area contributed by atoms with Crippen LogP contribution in [0.1, 0.15) is 27.8 Å². The molecule has 1 amide bonds. The molecule has 0 aliphatic rings. The zero-order valence-electron chi connectivity index (χ0n) is 17.9. The molecule has 0 fully saturated rings. The fraction of sp³-hybridized carbons (Fsp3) is 0.192. The average molecular weight is 402 g/mol. The molecule has 4 heteroatoms. The van der Waals surface area contributed by atoms with Gasteiger partial charge in [-0.1, -0.05) is 42.5 Å². The minimum Gasteiger partial charge on any atom is -0.493 e. The quantitative estimate of drug-likeness (QED) is 0.505. The van der Waals surface area contributed by atoms with Gasteiger partial charge in [0.25, 0.3) is 0 Å². The van der Waals surface area contributed by atoms with Gasteiger partial charge in [0.15, 0.2) is 11.5 Å². The smallest absolute Gasteiger partial charge is 0.248 e. The van der Waals surface area contributed by atoms with Crippen molar-refractivity contribution in [2.24, 2.45) is 0 Å². The van der Waals surface area contributed by atoms with Gasteiger partial charge in [0.2, 0.25) is 5.91 Å². The summed E-state index contributed by atoms with van der Waals surface area (Å²) in [6.07, 6.45) is 3.28. The molecule has 0 radical (unpaired) electrons. The molecule has 0 atom stereocenters. The number of carbonyl (C=O) groups is 1. The van der Waals surface area contributed by atoms with Crippen molar-refractivity contribution in [3.05, 3.63) is 94.6 Å². The number of aryl methyl sites for hydroxylation is 2. The van der Waals surface area contributed by atoms with Crippen LogP contribution in [0.15, 0.2) is 66.7 Å². The van der Waals surface area contributed by atoms with Crippen LogP contribution in [-0.2, 0) is 11.4 Å². The second-order valence-corrected chi connectivity index (χ2v) is 7.20. The van der Waals surface area contributed by atoms with Gasteiger partial charge in [0.1, 0.15) is 6.61 Å². The SMILES string of the molecule is COc1cc(/C=C/C(=O)Nc2cccc(C)c2C)ccc1OCc1ccccc1C. The van der Waals surface area contributed by atoms with Gasteiger partial charge in [-0.25, -0.2) is 0 Å². The number of ether oxygens (including phenoxy) is 2. The molecule has 0 spiro atoms. The number of hydrogen-bond acceptors (Lipinski definition) is 3. The lowest BCUT2D eigenvalue weighted by Crippen LogP contribution is -2.09.